The zero-order chi connectivity index (χ0) is 13.9. The van der Waals surface area contributed by atoms with Gasteiger partial charge in [-0.25, -0.2) is 9.37 Å². The van der Waals surface area contributed by atoms with Crippen molar-refractivity contribution in [3.63, 3.8) is 0 Å². The number of methoxy groups -OCH3 is 1. The highest BCUT2D eigenvalue weighted by molar-refractivity contribution is 5.47. The van der Waals surface area contributed by atoms with E-state index in [1.807, 2.05) is 18.2 Å². The van der Waals surface area contributed by atoms with Gasteiger partial charge in [-0.05, 0) is 43.2 Å². The average Bonchev–Trinajstić information content (AvgIpc) is 2.97. The van der Waals surface area contributed by atoms with Gasteiger partial charge in [0.1, 0.15) is 17.4 Å². The lowest BCUT2D eigenvalue weighted by atomic mass is 10.0. The Hall–Kier alpha value is -2.10. The van der Waals surface area contributed by atoms with Gasteiger partial charge in [-0.3, -0.25) is 0 Å². The molecule has 1 fully saturated rings. The molecule has 1 aliphatic heterocycles. The van der Waals surface area contributed by atoms with Crippen molar-refractivity contribution in [2.75, 3.05) is 18.6 Å². The van der Waals surface area contributed by atoms with Crippen molar-refractivity contribution in [3.8, 4) is 5.75 Å². The predicted molar refractivity (Wildman–Crippen MR) is 76.5 cm³/mol. The molecule has 104 valence electrons. The minimum absolute atomic E-state index is 0.121. The molecule has 0 aliphatic carbocycles. The first-order valence-electron chi connectivity index (χ1n) is 6.80. The molecule has 2 heterocycles. The highest BCUT2D eigenvalue weighted by Crippen LogP contribution is 2.39. The summed E-state index contributed by atoms with van der Waals surface area (Å²) in [6, 6.07) is 10.7. The Labute approximate surface area is 118 Å². The van der Waals surface area contributed by atoms with Crippen LogP contribution in [0, 0.1) is 5.82 Å². The summed E-state index contributed by atoms with van der Waals surface area (Å²) in [5.41, 5.74) is 0.899. The molecule has 0 unspecified atom stereocenters. The molecule has 2 aromatic rings. The molecule has 0 radical (unpaired) electrons. The number of aromatic nitrogens is 1. The maximum absolute atomic E-state index is 13.6. The normalized spacial score (nSPS) is 18.3. The number of ether oxygens (including phenoxy) is 1. The van der Waals surface area contributed by atoms with Gasteiger partial charge in [0.2, 0.25) is 0 Å². The van der Waals surface area contributed by atoms with Gasteiger partial charge in [0.25, 0.3) is 0 Å². The first kappa shape index (κ1) is 12.9. The average molecular weight is 272 g/mol. The van der Waals surface area contributed by atoms with Gasteiger partial charge in [-0.15, -0.1) is 0 Å². The van der Waals surface area contributed by atoms with E-state index in [4.69, 9.17) is 4.74 Å². The van der Waals surface area contributed by atoms with Crippen molar-refractivity contribution in [3.05, 3.63) is 54.0 Å². The molecule has 0 spiro atoms. The molecule has 1 atom stereocenters. The standard InChI is InChI=1S/C16H17FN2O/c1-20-15-8-7-12(17)11-13(15)14-5-4-10-19(14)16-6-2-3-9-18-16/h2-3,6-9,11,14H,4-5,10H2,1H3/t14-/m1/s1. The number of halogens is 1. The van der Waals surface area contributed by atoms with Crippen LogP contribution in [0.3, 0.4) is 0 Å². The Morgan fingerprint density at radius 3 is 2.95 bits per heavy atom. The third-order valence-electron chi connectivity index (χ3n) is 3.75. The molecule has 0 amide bonds. The lowest BCUT2D eigenvalue weighted by Crippen LogP contribution is -2.23. The number of nitrogens with zero attached hydrogens (tertiary/aromatic N) is 2. The van der Waals surface area contributed by atoms with Crippen molar-refractivity contribution >= 4 is 5.82 Å². The molecule has 1 aromatic carbocycles. The molecule has 1 aromatic heterocycles. The molecule has 0 N–H and O–H groups in total. The third kappa shape index (κ3) is 2.33. The second-order valence-electron chi connectivity index (χ2n) is 4.93. The van der Waals surface area contributed by atoms with E-state index in [2.05, 4.69) is 9.88 Å². The smallest absolute Gasteiger partial charge is 0.128 e. The van der Waals surface area contributed by atoms with Crippen molar-refractivity contribution in [1.29, 1.82) is 0 Å². The molecule has 3 rings (SSSR count). The fraction of sp³-hybridized carbons (Fsp3) is 0.312. The maximum Gasteiger partial charge on any atom is 0.128 e. The van der Waals surface area contributed by atoms with E-state index < -0.39 is 0 Å². The zero-order valence-electron chi connectivity index (χ0n) is 11.4. The molecule has 0 saturated carbocycles. The quantitative estimate of drug-likeness (QED) is 0.854. The maximum atomic E-state index is 13.6. The highest BCUT2D eigenvalue weighted by Gasteiger charge is 2.29. The minimum atomic E-state index is -0.228. The van der Waals surface area contributed by atoms with Crippen LogP contribution in [0.1, 0.15) is 24.4 Å². The molecule has 1 saturated heterocycles. The first-order valence-corrected chi connectivity index (χ1v) is 6.80. The first-order chi connectivity index (χ1) is 9.79. The summed E-state index contributed by atoms with van der Waals surface area (Å²) in [4.78, 5) is 6.63. The fourth-order valence-electron chi connectivity index (χ4n) is 2.85. The predicted octanol–water partition coefficient (Wildman–Crippen LogP) is 3.57. The number of hydrogen-bond acceptors (Lipinski definition) is 3. The molecule has 0 bridgehead atoms. The third-order valence-corrected chi connectivity index (χ3v) is 3.75. The van der Waals surface area contributed by atoms with E-state index in [1.54, 1.807) is 25.4 Å². The Bertz CT molecular complexity index is 588. The second-order valence-corrected chi connectivity index (χ2v) is 4.93. The van der Waals surface area contributed by atoms with Crippen LogP contribution in [0.15, 0.2) is 42.6 Å². The number of benzene rings is 1. The van der Waals surface area contributed by atoms with Crippen LogP contribution < -0.4 is 9.64 Å². The summed E-state index contributed by atoms with van der Waals surface area (Å²) in [5, 5.41) is 0. The second kappa shape index (κ2) is 5.49. The highest BCUT2D eigenvalue weighted by atomic mass is 19.1. The van der Waals surface area contributed by atoms with Crippen LogP contribution >= 0.6 is 0 Å². The van der Waals surface area contributed by atoms with Crippen LogP contribution in [-0.4, -0.2) is 18.6 Å². The fourth-order valence-corrected chi connectivity index (χ4v) is 2.85. The van der Waals surface area contributed by atoms with Gasteiger partial charge < -0.3 is 9.64 Å². The summed E-state index contributed by atoms with van der Waals surface area (Å²) in [7, 11) is 1.62. The van der Waals surface area contributed by atoms with Crippen LogP contribution in [-0.2, 0) is 0 Å². The van der Waals surface area contributed by atoms with Crippen molar-refractivity contribution in [1.82, 2.24) is 4.98 Å². The number of pyridine rings is 1. The van der Waals surface area contributed by atoms with Crippen molar-refractivity contribution < 1.29 is 9.13 Å². The van der Waals surface area contributed by atoms with Crippen molar-refractivity contribution in [2.45, 2.75) is 18.9 Å². The van der Waals surface area contributed by atoms with E-state index in [9.17, 15) is 4.39 Å². The molecule has 20 heavy (non-hydrogen) atoms. The lowest BCUT2D eigenvalue weighted by molar-refractivity contribution is 0.404. The van der Waals surface area contributed by atoms with Crippen LogP contribution in [0.25, 0.3) is 0 Å². The van der Waals surface area contributed by atoms with Gasteiger partial charge >= 0.3 is 0 Å². The van der Waals surface area contributed by atoms with E-state index in [0.717, 1.165) is 36.5 Å². The van der Waals surface area contributed by atoms with E-state index in [-0.39, 0.29) is 11.9 Å². The summed E-state index contributed by atoms with van der Waals surface area (Å²) >= 11 is 0. The van der Waals surface area contributed by atoms with E-state index >= 15 is 0 Å². The van der Waals surface area contributed by atoms with Gasteiger partial charge in [0.05, 0.1) is 13.2 Å². The van der Waals surface area contributed by atoms with Gasteiger partial charge in [-0.2, -0.15) is 0 Å². The molecular formula is C16H17FN2O. The Morgan fingerprint density at radius 2 is 2.20 bits per heavy atom. The summed E-state index contributed by atoms with van der Waals surface area (Å²) < 4.78 is 19.0. The minimum Gasteiger partial charge on any atom is -0.496 e. The van der Waals surface area contributed by atoms with Gasteiger partial charge in [0, 0.05) is 18.3 Å². The van der Waals surface area contributed by atoms with E-state index in [1.165, 1.54) is 6.07 Å². The molecule has 3 nitrogen and oxygen atoms in total. The summed E-state index contributed by atoms with van der Waals surface area (Å²) in [6.07, 6.45) is 3.84. The molecule has 1 aliphatic rings. The number of anilines is 1. The zero-order valence-corrected chi connectivity index (χ0v) is 11.4. The molecular weight excluding hydrogens is 255 g/mol. The topological polar surface area (TPSA) is 25.4 Å². The Balaban J connectivity index is 1.99. The summed E-state index contributed by atoms with van der Waals surface area (Å²) in [6.45, 7) is 0.932. The monoisotopic (exact) mass is 272 g/mol. The SMILES string of the molecule is COc1ccc(F)cc1[C@H]1CCCN1c1ccccn1. The van der Waals surface area contributed by atoms with Crippen molar-refractivity contribution in [2.24, 2.45) is 0 Å². The van der Waals surface area contributed by atoms with Gasteiger partial charge in [0.15, 0.2) is 0 Å². The van der Waals surface area contributed by atoms with Gasteiger partial charge in [-0.1, -0.05) is 6.07 Å². The number of rotatable bonds is 3. The van der Waals surface area contributed by atoms with Crippen LogP contribution in [0.4, 0.5) is 10.2 Å². The lowest BCUT2D eigenvalue weighted by Gasteiger charge is -2.27. The Morgan fingerprint density at radius 1 is 1.30 bits per heavy atom. The van der Waals surface area contributed by atoms with E-state index in [0.29, 0.717) is 0 Å². The largest absolute Gasteiger partial charge is 0.496 e. The molecule has 4 heteroatoms. The number of hydrogen-bond donors (Lipinski definition) is 0. The van der Waals surface area contributed by atoms with Crippen LogP contribution in [0.5, 0.6) is 5.75 Å². The summed E-state index contributed by atoms with van der Waals surface area (Å²) in [5.74, 6) is 1.44. The van der Waals surface area contributed by atoms with Crippen LogP contribution in [0.2, 0.25) is 0 Å². The Kier molecular flexibility index (Phi) is 3.54.